The molecular weight excluding hydrogens is 260 g/mol. The molecule has 2 rings (SSSR count). The van der Waals surface area contributed by atoms with Crippen molar-refractivity contribution in [2.45, 2.75) is 38.1 Å². The second-order valence-electron chi connectivity index (χ2n) is 5.65. The number of amides is 1. The third-order valence-corrected chi connectivity index (χ3v) is 4.18. The number of aliphatic carboxylic acids is 1. The van der Waals surface area contributed by atoms with Crippen LogP contribution in [0.4, 0.5) is 0 Å². The van der Waals surface area contributed by atoms with Gasteiger partial charge in [0.1, 0.15) is 0 Å². The summed E-state index contributed by atoms with van der Waals surface area (Å²) in [6.07, 6.45) is 3.68. The number of piperidine rings is 1. The van der Waals surface area contributed by atoms with Crippen LogP contribution in [-0.2, 0) is 14.3 Å². The van der Waals surface area contributed by atoms with Crippen molar-refractivity contribution in [2.24, 2.45) is 5.92 Å². The Labute approximate surface area is 119 Å². The zero-order chi connectivity index (χ0) is 14.4. The number of morpholine rings is 1. The predicted octanol–water partition coefficient (Wildman–Crippen LogP) is 0.468. The molecule has 114 valence electrons. The Balaban J connectivity index is 1.80. The number of ether oxygens (including phenoxy) is 1. The van der Waals surface area contributed by atoms with Gasteiger partial charge in [-0.15, -0.1) is 0 Å². The molecule has 1 amide bonds. The monoisotopic (exact) mass is 284 g/mol. The molecule has 0 bridgehead atoms. The molecule has 6 nitrogen and oxygen atoms in total. The molecule has 6 heteroatoms. The zero-order valence-electron chi connectivity index (χ0n) is 11.8. The summed E-state index contributed by atoms with van der Waals surface area (Å²) in [5.41, 5.74) is 0. The maximum absolute atomic E-state index is 12.3. The molecule has 2 fully saturated rings. The average Bonchev–Trinajstić information content (AvgIpc) is 2.46. The smallest absolute Gasteiger partial charge is 0.305 e. The van der Waals surface area contributed by atoms with Gasteiger partial charge in [-0.05, 0) is 38.3 Å². The molecule has 1 unspecified atom stereocenters. The van der Waals surface area contributed by atoms with Crippen molar-refractivity contribution in [1.29, 1.82) is 0 Å². The van der Waals surface area contributed by atoms with Crippen LogP contribution in [-0.4, -0.2) is 60.8 Å². The molecule has 0 spiro atoms. The molecule has 0 saturated carbocycles. The number of hydrogen-bond donors (Lipinski definition) is 2. The lowest BCUT2D eigenvalue weighted by Gasteiger charge is -2.35. The average molecular weight is 284 g/mol. The predicted molar refractivity (Wildman–Crippen MR) is 73.4 cm³/mol. The molecule has 20 heavy (non-hydrogen) atoms. The van der Waals surface area contributed by atoms with Crippen LogP contribution in [0.1, 0.15) is 32.1 Å². The number of rotatable bonds is 5. The summed E-state index contributed by atoms with van der Waals surface area (Å²) in [5.74, 6) is -0.172. The van der Waals surface area contributed by atoms with E-state index < -0.39 is 5.97 Å². The lowest BCUT2D eigenvalue weighted by Crippen LogP contribution is -2.49. The molecule has 0 aromatic heterocycles. The van der Waals surface area contributed by atoms with Crippen molar-refractivity contribution >= 4 is 11.9 Å². The van der Waals surface area contributed by atoms with Gasteiger partial charge in [0.05, 0.1) is 25.7 Å². The minimum Gasteiger partial charge on any atom is -0.481 e. The second-order valence-corrected chi connectivity index (χ2v) is 5.65. The lowest BCUT2D eigenvalue weighted by atomic mass is 9.93. The first-order chi connectivity index (χ1) is 9.66. The highest BCUT2D eigenvalue weighted by Crippen LogP contribution is 2.20. The van der Waals surface area contributed by atoms with Crippen LogP contribution in [0.3, 0.4) is 0 Å². The van der Waals surface area contributed by atoms with E-state index in [2.05, 4.69) is 5.32 Å². The van der Waals surface area contributed by atoms with E-state index in [1.807, 2.05) is 0 Å². The minimum absolute atomic E-state index is 0.0287. The van der Waals surface area contributed by atoms with Crippen molar-refractivity contribution in [1.82, 2.24) is 10.2 Å². The lowest BCUT2D eigenvalue weighted by molar-refractivity contribution is -0.146. The van der Waals surface area contributed by atoms with Gasteiger partial charge in [-0.2, -0.15) is 0 Å². The Morgan fingerprint density at radius 3 is 2.75 bits per heavy atom. The van der Waals surface area contributed by atoms with E-state index in [-0.39, 0.29) is 18.4 Å². The quantitative estimate of drug-likeness (QED) is 0.767. The van der Waals surface area contributed by atoms with Crippen molar-refractivity contribution in [3.63, 3.8) is 0 Å². The number of hydrogen-bond acceptors (Lipinski definition) is 4. The zero-order valence-corrected chi connectivity index (χ0v) is 11.8. The summed E-state index contributed by atoms with van der Waals surface area (Å²) in [6.45, 7) is 3.44. The van der Waals surface area contributed by atoms with Crippen molar-refractivity contribution in [3.05, 3.63) is 0 Å². The first-order valence-electron chi connectivity index (χ1n) is 7.46. The van der Waals surface area contributed by atoms with Crippen LogP contribution in [0.2, 0.25) is 0 Å². The van der Waals surface area contributed by atoms with Gasteiger partial charge >= 0.3 is 5.97 Å². The van der Waals surface area contributed by atoms with Crippen LogP contribution in [0.15, 0.2) is 0 Å². The number of carboxylic acid groups (broad SMARTS) is 1. The number of nitrogens with one attached hydrogen (secondary N) is 1. The highest BCUT2D eigenvalue weighted by molar-refractivity contribution is 5.77. The van der Waals surface area contributed by atoms with E-state index in [0.717, 1.165) is 32.4 Å². The first kappa shape index (κ1) is 15.3. The third kappa shape index (κ3) is 4.45. The summed E-state index contributed by atoms with van der Waals surface area (Å²) >= 11 is 0. The minimum atomic E-state index is -0.878. The number of nitrogens with zero attached hydrogens (tertiary/aromatic N) is 1. The molecule has 0 aromatic rings. The van der Waals surface area contributed by atoms with Crippen molar-refractivity contribution in [3.8, 4) is 0 Å². The molecular formula is C14H24N2O4. The summed E-state index contributed by atoms with van der Waals surface area (Å²) in [7, 11) is 0. The molecule has 2 saturated heterocycles. The van der Waals surface area contributed by atoms with E-state index in [9.17, 15) is 9.59 Å². The van der Waals surface area contributed by atoms with Crippen LogP contribution in [0, 0.1) is 5.92 Å². The van der Waals surface area contributed by atoms with E-state index >= 15 is 0 Å². The molecule has 2 N–H and O–H groups in total. The van der Waals surface area contributed by atoms with E-state index in [1.54, 1.807) is 4.90 Å². The highest BCUT2D eigenvalue weighted by Gasteiger charge is 2.29. The first-order valence-corrected chi connectivity index (χ1v) is 7.46. The fourth-order valence-electron chi connectivity index (χ4n) is 3.00. The van der Waals surface area contributed by atoms with E-state index in [0.29, 0.717) is 32.1 Å². The summed E-state index contributed by atoms with van der Waals surface area (Å²) in [6, 6.07) is -0.304. The number of carbonyl (C=O) groups is 2. The summed E-state index contributed by atoms with van der Waals surface area (Å²) in [4.78, 5) is 24.8. The van der Waals surface area contributed by atoms with Gasteiger partial charge in [0, 0.05) is 13.0 Å². The van der Waals surface area contributed by atoms with Gasteiger partial charge in [-0.25, -0.2) is 0 Å². The van der Waals surface area contributed by atoms with E-state index in [4.69, 9.17) is 9.84 Å². The van der Waals surface area contributed by atoms with Crippen molar-refractivity contribution in [2.75, 3.05) is 32.8 Å². The van der Waals surface area contributed by atoms with Gasteiger partial charge in [-0.3, -0.25) is 9.59 Å². The summed E-state index contributed by atoms with van der Waals surface area (Å²) < 4.78 is 5.29. The molecule has 0 aromatic carbocycles. The summed E-state index contributed by atoms with van der Waals surface area (Å²) in [5, 5.41) is 12.2. The van der Waals surface area contributed by atoms with Crippen LogP contribution < -0.4 is 5.32 Å². The molecule has 0 aliphatic carbocycles. The van der Waals surface area contributed by atoms with Crippen LogP contribution in [0.5, 0.6) is 0 Å². The van der Waals surface area contributed by atoms with Crippen LogP contribution in [0.25, 0.3) is 0 Å². The van der Waals surface area contributed by atoms with Gasteiger partial charge < -0.3 is 20.1 Å². The Bertz CT molecular complexity index is 342. The van der Waals surface area contributed by atoms with Gasteiger partial charge in [0.25, 0.3) is 0 Å². The normalized spacial score (nSPS) is 24.6. The topological polar surface area (TPSA) is 78.9 Å². The van der Waals surface area contributed by atoms with Crippen molar-refractivity contribution < 1.29 is 19.4 Å². The number of carboxylic acids is 1. The Hall–Kier alpha value is -1.14. The Morgan fingerprint density at radius 1 is 1.30 bits per heavy atom. The number of carbonyl (C=O) groups excluding carboxylic acids is 1. The standard InChI is InChI=1S/C14H24N2O4/c17-13(2-1-11-3-5-15-6-4-11)16-7-8-20-10-12(16)9-14(18)19/h11-12,15H,1-10H2,(H,18,19). The fourth-order valence-corrected chi connectivity index (χ4v) is 3.00. The Kier molecular flexibility index (Phi) is 5.79. The molecule has 2 heterocycles. The largest absolute Gasteiger partial charge is 0.481 e. The highest BCUT2D eigenvalue weighted by atomic mass is 16.5. The Morgan fingerprint density at radius 2 is 2.05 bits per heavy atom. The fraction of sp³-hybridized carbons (Fsp3) is 0.857. The van der Waals surface area contributed by atoms with Gasteiger partial charge in [-0.1, -0.05) is 0 Å². The van der Waals surface area contributed by atoms with E-state index in [1.165, 1.54) is 0 Å². The van der Waals surface area contributed by atoms with Gasteiger partial charge in [0.2, 0.25) is 5.91 Å². The molecule has 2 aliphatic rings. The second kappa shape index (κ2) is 7.59. The molecule has 2 aliphatic heterocycles. The van der Waals surface area contributed by atoms with Crippen LogP contribution >= 0.6 is 0 Å². The molecule has 1 atom stereocenters. The van der Waals surface area contributed by atoms with Gasteiger partial charge in [0.15, 0.2) is 0 Å². The maximum Gasteiger partial charge on any atom is 0.305 e. The third-order valence-electron chi connectivity index (χ3n) is 4.18. The molecule has 0 radical (unpaired) electrons. The SMILES string of the molecule is O=C(O)CC1COCCN1C(=O)CCC1CCNCC1. The maximum atomic E-state index is 12.3.